The Morgan fingerprint density at radius 2 is 1.38 bits per heavy atom. The third kappa shape index (κ3) is 8.06. The summed E-state index contributed by atoms with van der Waals surface area (Å²) in [6.45, 7) is 5.75. The van der Waals surface area contributed by atoms with Crippen LogP contribution in [0.4, 0.5) is 0 Å². The van der Waals surface area contributed by atoms with Crippen molar-refractivity contribution >= 4 is 43.7 Å². The van der Waals surface area contributed by atoms with Crippen molar-refractivity contribution in [2.24, 2.45) is 0 Å². The minimum absolute atomic E-state index is 0.0882. The van der Waals surface area contributed by atoms with Crippen LogP contribution in [0.25, 0.3) is 0 Å². The van der Waals surface area contributed by atoms with Gasteiger partial charge in [-0.3, -0.25) is 9.59 Å². The summed E-state index contributed by atoms with van der Waals surface area (Å²) in [6.07, 6.45) is 0. The van der Waals surface area contributed by atoms with Gasteiger partial charge in [-0.05, 0) is 68.3 Å². The zero-order chi connectivity index (χ0) is 21.4. The molecule has 2 aromatic carbocycles. The molecule has 0 spiro atoms. The third-order valence-electron chi connectivity index (χ3n) is 4.00. The molecule has 29 heavy (non-hydrogen) atoms. The average Bonchev–Trinajstić information content (AvgIpc) is 2.65. The Bertz CT molecular complexity index is 874. The van der Waals surface area contributed by atoms with E-state index in [9.17, 15) is 9.59 Å². The first kappa shape index (κ1) is 23.2. The molecule has 0 radical (unpaired) electrons. The van der Waals surface area contributed by atoms with Crippen molar-refractivity contribution in [1.29, 1.82) is 0 Å². The molecule has 2 amide bonds. The molecule has 0 bridgehead atoms. The number of hydrogen-bond acceptors (Lipinski definition) is 4. The van der Waals surface area contributed by atoms with Gasteiger partial charge in [0.25, 0.3) is 11.8 Å². The van der Waals surface area contributed by atoms with Crippen LogP contribution in [-0.2, 0) is 9.59 Å². The molecule has 2 rings (SSSR count). The Kier molecular flexibility index (Phi) is 8.98. The van der Waals surface area contributed by atoms with E-state index in [1.165, 1.54) is 0 Å². The van der Waals surface area contributed by atoms with E-state index in [-0.39, 0.29) is 31.1 Å². The van der Waals surface area contributed by atoms with Gasteiger partial charge < -0.3 is 20.1 Å². The fraction of sp³-hybridized carbons (Fsp3) is 0.333. The first-order chi connectivity index (χ1) is 13.7. The number of benzene rings is 2. The predicted molar refractivity (Wildman–Crippen MR) is 119 cm³/mol. The van der Waals surface area contributed by atoms with E-state index in [1.807, 2.05) is 57.2 Å². The summed E-state index contributed by atoms with van der Waals surface area (Å²) in [7, 11) is 0. The lowest BCUT2D eigenvalue weighted by Crippen LogP contribution is -2.44. The van der Waals surface area contributed by atoms with Crippen LogP contribution < -0.4 is 20.1 Å². The quantitative estimate of drug-likeness (QED) is 0.518. The second-order valence-electron chi connectivity index (χ2n) is 6.67. The highest BCUT2D eigenvalue weighted by atomic mass is 79.9. The van der Waals surface area contributed by atoms with Crippen LogP contribution in [0, 0.1) is 13.8 Å². The highest BCUT2D eigenvalue weighted by Gasteiger charge is 2.11. The lowest BCUT2D eigenvalue weighted by Gasteiger charge is -2.16. The molecule has 0 aliphatic carbocycles. The Morgan fingerprint density at radius 3 is 1.86 bits per heavy atom. The molecule has 6 nitrogen and oxygen atoms in total. The van der Waals surface area contributed by atoms with Crippen LogP contribution in [0.5, 0.6) is 11.5 Å². The minimum Gasteiger partial charge on any atom is -0.484 e. The van der Waals surface area contributed by atoms with Gasteiger partial charge in [0.15, 0.2) is 13.2 Å². The topological polar surface area (TPSA) is 76.7 Å². The SMILES string of the molecule is Cc1cc(Br)ccc1OCC(=O)NCC(C)NC(=O)COc1ccc(Br)cc1C. The molecule has 1 unspecified atom stereocenters. The largest absolute Gasteiger partial charge is 0.484 e. The summed E-state index contributed by atoms with van der Waals surface area (Å²) in [4.78, 5) is 24.0. The number of carbonyl (C=O) groups is 2. The fourth-order valence-electron chi connectivity index (χ4n) is 2.52. The lowest BCUT2D eigenvalue weighted by atomic mass is 10.2. The molecular weight excluding hydrogens is 504 g/mol. The molecule has 0 saturated carbocycles. The van der Waals surface area contributed by atoms with E-state index < -0.39 is 0 Å². The van der Waals surface area contributed by atoms with Gasteiger partial charge in [0.1, 0.15) is 11.5 Å². The van der Waals surface area contributed by atoms with Crippen molar-refractivity contribution in [3.05, 3.63) is 56.5 Å². The summed E-state index contributed by atoms with van der Waals surface area (Å²) in [5.74, 6) is 0.806. The zero-order valence-electron chi connectivity index (χ0n) is 16.6. The van der Waals surface area contributed by atoms with Crippen molar-refractivity contribution in [3.8, 4) is 11.5 Å². The molecule has 0 aromatic heterocycles. The van der Waals surface area contributed by atoms with E-state index in [0.717, 1.165) is 20.1 Å². The molecule has 0 fully saturated rings. The van der Waals surface area contributed by atoms with E-state index in [4.69, 9.17) is 9.47 Å². The number of carbonyl (C=O) groups excluding carboxylic acids is 2. The Hall–Kier alpha value is -2.06. The van der Waals surface area contributed by atoms with Crippen LogP contribution in [-0.4, -0.2) is 37.6 Å². The third-order valence-corrected chi connectivity index (χ3v) is 4.99. The summed E-state index contributed by atoms with van der Waals surface area (Å²) in [5.41, 5.74) is 1.88. The van der Waals surface area contributed by atoms with Crippen LogP contribution in [0.15, 0.2) is 45.3 Å². The van der Waals surface area contributed by atoms with Gasteiger partial charge in [0.05, 0.1) is 0 Å². The zero-order valence-corrected chi connectivity index (χ0v) is 19.7. The van der Waals surface area contributed by atoms with Crippen LogP contribution >= 0.6 is 31.9 Å². The molecule has 0 aliphatic rings. The van der Waals surface area contributed by atoms with Crippen molar-refractivity contribution in [3.63, 3.8) is 0 Å². The van der Waals surface area contributed by atoms with Gasteiger partial charge >= 0.3 is 0 Å². The van der Waals surface area contributed by atoms with Crippen LogP contribution in [0.3, 0.4) is 0 Å². The van der Waals surface area contributed by atoms with Gasteiger partial charge in [-0.2, -0.15) is 0 Å². The van der Waals surface area contributed by atoms with E-state index >= 15 is 0 Å². The van der Waals surface area contributed by atoms with Gasteiger partial charge in [0.2, 0.25) is 0 Å². The predicted octanol–water partition coefficient (Wildman–Crippen LogP) is 3.91. The smallest absolute Gasteiger partial charge is 0.258 e. The molecule has 0 aliphatic heterocycles. The maximum Gasteiger partial charge on any atom is 0.258 e. The van der Waals surface area contributed by atoms with E-state index in [0.29, 0.717) is 18.0 Å². The summed E-state index contributed by atoms with van der Waals surface area (Å²) < 4.78 is 13.0. The maximum atomic E-state index is 12.0. The Morgan fingerprint density at radius 1 is 0.897 bits per heavy atom. The second-order valence-corrected chi connectivity index (χ2v) is 8.50. The van der Waals surface area contributed by atoms with Gasteiger partial charge in [-0.1, -0.05) is 31.9 Å². The molecule has 2 N–H and O–H groups in total. The number of nitrogens with one attached hydrogen (secondary N) is 2. The average molecular weight is 528 g/mol. The molecule has 0 saturated heterocycles. The summed E-state index contributed by atoms with van der Waals surface area (Å²) in [6, 6.07) is 10.9. The first-order valence-corrected chi connectivity index (χ1v) is 10.7. The maximum absolute atomic E-state index is 12.0. The molecular formula is C21H24Br2N2O4. The highest BCUT2D eigenvalue weighted by molar-refractivity contribution is 9.10. The summed E-state index contributed by atoms with van der Waals surface area (Å²) >= 11 is 6.78. The minimum atomic E-state index is -0.254. The highest BCUT2D eigenvalue weighted by Crippen LogP contribution is 2.22. The second kappa shape index (κ2) is 11.2. The van der Waals surface area contributed by atoms with Gasteiger partial charge in [-0.15, -0.1) is 0 Å². The molecule has 8 heteroatoms. The number of hydrogen-bond donors (Lipinski definition) is 2. The molecule has 1 atom stereocenters. The fourth-order valence-corrected chi connectivity index (χ4v) is 3.47. The van der Waals surface area contributed by atoms with Crippen LogP contribution in [0.2, 0.25) is 0 Å². The number of rotatable bonds is 9. The number of halogens is 2. The Balaban J connectivity index is 1.68. The lowest BCUT2D eigenvalue weighted by molar-refractivity contribution is -0.125. The monoisotopic (exact) mass is 526 g/mol. The first-order valence-electron chi connectivity index (χ1n) is 9.08. The van der Waals surface area contributed by atoms with Crippen molar-refractivity contribution in [2.45, 2.75) is 26.8 Å². The molecule has 2 aromatic rings. The Labute approximate surface area is 187 Å². The normalized spacial score (nSPS) is 11.5. The molecule has 0 heterocycles. The number of amides is 2. The number of aryl methyl sites for hydroxylation is 2. The summed E-state index contributed by atoms with van der Waals surface area (Å²) in [5, 5.41) is 5.54. The van der Waals surface area contributed by atoms with E-state index in [2.05, 4.69) is 42.5 Å². The van der Waals surface area contributed by atoms with Gasteiger partial charge in [0, 0.05) is 21.5 Å². The van der Waals surface area contributed by atoms with Crippen molar-refractivity contribution < 1.29 is 19.1 Å². The number of ether oxygens (including phenoxy) is 2. The standard InChI is InChI=1S/C21H24Br2N2O4/c1-13-8-16(22)4-6-18(13)28-11-20(26)24-10-15(3)25-21(27)12-29-19-7-5-17(23)9-14(19)2/h4-9,15H,10-12H2,1-3H3,(H,24,26)(H,25,27). The van der Waals surface area contributed by atoms with Crippen LogP contribution in [0.1, 0.15) is 18.1 Å². The van der Waals surface area contributed by atoms with Gasteiger partial charge in [-0.25, -0.2) is 0 Å². The molecule has 156 valence electrons. The van der Waals surface area contributed by atoms with E-state index in [1.54, 1.807) is 0 Å². The van der Waals surface area contributed by atoms with Crippen molar-refractivity contribution in [2.75, 3.05) is 19.8 Å². The van der Waals surface area contributed by atoms with Crippen molar-refractivity contribution in [1.82, 2.24) is 10.6 Å².